The van der Waals surface area contributed by atoms with Gasteiger partial charge < -0.3 is 19.8 Å². The molecular formula is C17H18N3O5P. The number of hydrogen-bond donors (Lipinski definition) is 4. The minimum Gasteiger partial charge on any atom is -0.323 e. The molecule has 4 N–H and O–H groups in total. The largest absolute Gasteiger partial charge is 0.347 e. The van der Waals surface area contributed by atoms with Crippen LogP contribution in [0, 0.1) is 0 Å². The molecule has 1 heterocycles. The van der Waals surface area contributed by atoms with Gasteiger partial charge in [0, 0.05) is 12.1 Å². The topological polar surface area (TPSA) is 126 Å². The zero-order chi connectivity index (χ0) is 18.9. The monoisotopic (exact) mass is 375 g/mol. The Kier molecular flexibility index (Phi) is 4.93. The summed E-state index contributed by atoms with van der Waals surface area (Å²) >= 11 is 0. The van der Waals surface area contributed by atoms with Crippen LogP contribution in [0.4, 0.5) is 0 Å². The van der Waals surface area contributed by atoms with Crippen molar-refractivity contribution in [3.8, 4) is 0 Å². The molecule has 0 saturated carbocycles. The average Bonchev–Trinajstić information content (AvgIpc) is 2.56. The van der Waals surface area contributed by atoms with Gasteiger partial charge in [0.15, 0.2) is 0 Å². The van der Waals surface area contributed by atoms with E-state index in [-0.39, 0.29) is 11.1 Å². The van der Waals surface area contributed by atoms with Gasteiger partial charge >= 0.3 is 18.7 Å². The molecule has 1 atom stereocenters. The number of hydrogen-bond acceptors (Lipinski definition) is 4. The second-order valence-corrected chi connectivity index (χ2v) is 7.71. The van der Waals surface area contributed by atoms with E-state index in [2.05, 4.69) is 9.97 Å². The normalized spacial score (nSPS) is 13.2. The molecule has 0 aliphatic heterocycles. The first-order valence-electron chi connectivity index (χ1n) is 7.82. The van der Waals surface area contributed by atoms with E-state index in [9.17, 15) is 23.9 Å². The van der Waals surface area contributed by atoms with Gasteiger partial charge in [0.05, 0.1) is 11.0 Å². The van der Waals surface area contributed by atoms with Crippen LogP contribution in [-0.4, -0.2) is 31.7 Å². The van der Waals surface area contributed by atoms with Gasteiger partial charge in [-0.3, -0.25) is 19.1 Å². The summed E-state index contributed by atoms with van der Waals surface area (Å²) in [4.78, 5) is 49.5. The molecular weight excluding hydrogens is 357 g/mol. The Morgan fingerprint density at radius 1 is 1.00 bits per heavy atom. The molecule has 0 aliphatic rings. The maximum atomic E-state index is 12.2. The SMILES string of the molecule is CN(Cc1ccccc1)C(c1cccc2[nH]c(=O)c(=O)[nH]c12)P(=O)(O)O. The Morgan fingerprint density at radius 2 is 1.65 bits per heavy atom. The van der Waals surface area contributed by atoms with E-state index in [0.717, 1.165) is 5.56 Å². The van der Waals surface area contributed by atoms with Crippen LogP contribution >= 0.6 is 7.60 Å². The highest BCUT2D eigenvalue weighted by molar-refractivity contribution is 7.52. The molecule has 1 aromatic heterocycles. The first-order valence-corrected chi connectivity index (χ1v) is 9.50. The highest BCUT2D eigenvalue weighted by Gasteiger charge is 2.35. The summed E-state index contributed by atoms with van der Waals surface area (Å²) < 4.78 is 12.2. The minimum atomic E-state index is -4.61. The van der Waals surface area contributed by atoms with E-state index >= 15 is 0 Å². The molecule has 0 bridgehead atoms. The number of benzene rings is 2. The zero-order valence-corrected chi connectivity index (χ0v) is 14.8. The molecule has 3 aromatic rings. The number of aromatic amines is 2. The van der Waals surface area contributed by atoms with Gasteiger partial charge in [-0.25, -0.2) is 0 Å². The fraction of sp³-hybridized carbons (Fsp3) is 0.176. The second-order valence-electron chi connectivity index (χ2n) is 6.04. The molecule has 8 nitrogen and oxygen atoms in total. The molecule has 136 valence electrons. The van der Waals surface area contributed by atoms with E-state index in [1.54, 1.807) is 19.2 Å². The Morgan fingerprint density at radius 3 is 2.31 bits per heavy atom. The Bertz CT molecular complexity index is 1090. The summed E-state index contributed by atoms with van der Waals surface area (Å²) in [6.45, 7) is 0.292. The molecule has 9 heteroatoms. The number of aromatic nitrogens is 2. The third-order valence-corrected chi connectivity index (χ3v) is 5.39. The van der Waals surface area contributed by atoms with Crippen LogP contribution in [0.1, 0.15) is 16.9 Å². The van der Waals surface area contributed by atoms with Crippen molar-refractivity contribution in [2.24, 2.45) is 0 Å². The maximum absolute atomic E-state index is 12.2. The van der Waals surface area contributed by atoms with Crippen LogP contribution in [0.15, 0.2) is 58.1 Å². The van der Waals surface area contributed by atoms with Crippen molar-refractivity contribution in [2.45, 2.75) is 12.3 Å². The maximum Gasteiger partial charge on any atom is 0.347 e. The average molecular weight is 375 g/mol. The summed E-state index contributed by atoms with van der Waals surface area (Å²) in [5.74, 6) is -1.28. The van der Waals surface area contributed by atoms with E-state index in [0.29, 0.717) is 12.1 Å². The molecule has 0 amide bonds. The standard InChI is InChI=1S/C17H18N3O5P/c1-20(10-11-6-3-2-4-7-11)17(26(23,24)25)12-8-5-9-13-14(12)19-16(22)15(21)18-13/h2-9,17H,10H2,1H3,(H,18,21)(H,19,22)(H2,23,24,25). The molecule has 0 spiro atoms. The lowest BCUT2D eigenvalue weighted by molar-refractivity contribution is 0.247. The number of fused-ring (bicyclic) bond motifs is 1. The van der Waals surface area contributed by atoms with Gasteiger partial charge in [-0.2, -0.15) is 0 Å². The summed E-state index contributed by atoms with van der Waals surface area (Å²) in [5.41, 5.74) is -0.0673. The van der Waals surface area contributed by atoms with Crippen molar-refractivity contribution in [3.63, 3.8) is 0 Å². The quantitative estimate of drug-likeness (QED) is 0.396. The van der Waals surface area contributed by atoms with E-state index in [4.69, 9.17) is 0 Å². The highest BCUT2D eigenvalue weighted by atomic mass is 31.2. The number of H-pyrrole nitrogens is 2. The fourth-order valence-electron chi connectivity index (χ4n) is 3.01. The van der Waals surface area contributed by atoms with Crippen LogP contribution in [0.5, 0.6) is 0 Å². The van der Waals surface area contributed by atoms with Crippen LogP contribution in [0.2, 0.25) is 0 Å². The molecule has 3 rings (SSSR count). The number of nitrogens with zero attached hydrogens (tertiary/aromatic N) is 1. The molecule has 0 aliphatic carbocycles. The van der Waals surface area contributed by atoms with Crippen LogP contribution in [0.25, 0.3) is 11.0 Å². The molecule has 0 fully saturated rings. The van der Waals surface area contributed by atoms with Crippen molar-refractivity contribution < 1.29 is 14.4 Å². The van der Waals surface area contributed by atoms with Crippen molar-refractivity contribution >= 4 is 18.6 Å². The predicted molar refractivity (Wildman–Crippen MR) is 97.9 cm³/mol. The first-order chi connectivity index (χ1) is 12.3. The Balaban J connectivity index is 2.13. The summed E-state index contributed by atoms with van der Waals surface area (Å²) in [6.07, 6.45) is 0. The lowest BCUT2D eigenvalue weighted by atomic mass is 10.1. The first kappa shape index (κ1) is 18.3. The lowest BCUT2D eigenvalue weighted by Crippen LogP contribution is -2.30. The van der Waals surface area contributed by atoms with Gasteiger partial charge in [0.2, 0.25) is 0 Å². The predicted octanol–water partition coefficient (Wildman–Crippen LogP) is 1.52. The van der Waals surface area contributed by atoms with Gasteiger partial charge in [0.25, 0.3) is 0 Å². The number of para-hydroxylation sites is 1. The summed E-state index contributed by atoms with van der Waals surface area (Å²) in [5, 5.41) is 0. The molecule has 1 unspecified atom stereocenters. The minimum absolute atomic E-state index is 0.199. The van der Waals surface area contributed by atoms with Crippen molar-refractivity contribution in [1.29, 1.82) is 0 Å². The van der Waals surface area contributed by atoms with E-state index < -0.39 is 24.5 Å². The van der Waals surface area contributed by atoms with Crippen molar-refractivity contribution in [1.82, 2.24) is 14.9 Å². The van der Waals surface area contributed by atoms with Gasteiger partial charge in [-0.05, 0) is 18.7 Å². The molecule has 26 heavy (non-hydrogen) atoms. The lowest BCUT2D eigenvalue weighted by Gasteiger charge is -2.29. The van der Waals surface area contributed by atoms with E-state index in [1.807, 2.05) is 30.3 Å². The van der Waals surface area contributed by atoms with Crippen molar-refractivity contribution in [2.75, 3.05) is 7.05 Å². The van der Waals surface area contributed by atoms with Gasteiger partial charge in [0.1, 0.15) is 5.78 Å². The molecule has 2 aromatic carbocycles. The third kappa shape index (κ3) is 3.68. The Hall–Kier alpha value is -2.51. The number of rotatable bonds is 5. The second kappa shape index (κ2) is 7.01. The third-order valence-electron chi connectivity index (χ3n) is 4.08. The highest BCUT2D eigenvalue weighted by Crippen LogP contribution is 2.54. The smallest absolute Gasteiger partial charge is 0.323 e. The summed E-state index contributed by atoms with van der Waals surface area (Å²) in [7, 11) is -3.01. The number of nitrogens with one attached hydrogen (secondary N) is 2. The Labute approximate surface area is 148 Å². The van der Waals surface area contributed by atoms with Gasteiger partial charge in [-0.1, -0.05) is 42.5 Å². The molecule has 0 saturated heterocycles. The summed E-state index contributed by atoms with van der Waals surface area (Å²) in [6, 6.07) is 13.9. The molecule has 0 radical (unpaired) electrons. The van der Waals surface area contributed by atoms with E-state index in [1.165, 1.54) is 11.0 Å². The van der Waals surface area contributed by atoms with Crippen LogP contribution in [-0.2, 0) is 11.1 Å². The van der Waals surface area contributed by atoms with Crippen molar-refractivity contribution in [3.05, 3.63) is 80.4 Å². The zero-order valence-electron chi connectivity index (χ0n) is 13.9. The van der Waals surface area contributed by atoms with Crippen LogP contribution < -0.4 is 11.1 Å². The fourth-order valence-corrected chi connectivity index (χ4v) is 4.18. The van der Waals surface area contributed by atoms with Crippen LogP contribution in [0.3, 0.4) is 0 Å². The van der Waals surface area contributed by atoms with Gasteiger partial charge in [-0.15, -0.1) is 0 Å².